The smallest absolute Gasteiger partial charge is 0.228 e. The van der Waals surface area contributed by atoms with E-state index >= 15 is 0 Å². The van der Waals surface area contributed by atoms with Crippen molar-refractivity contribution >= 4 is 61.8 Å². The zero-order valence-corrected chi connectivity index (χ0v) is 19.5. The second kappa shape index (κ2) is 7.58. The lowest BCUT2D eigenvalue weighted by atomic mass is 9.92. The van der Waals surface area contributed by atoms with Crippen LogP contribution in [0.3, 0.4) is 0 Å². The molecule has 8 nitrogen and oxygen atoms in total. The molecule has 0 amide bonds. The summed E-state index contributed by atoms with van der Waals surface area (Å²) in [7, 11) is 0. The third kappa shape index (κ3) is 3.57. The molecule has 3 N–H and O–H groups in total. The lowest BCUT2D eigenvalue weighted by molar-refractivity contribution is 0.354. The number of anilines is 1. The zero-order chi connectivity index (χ0) is 21.1. The maximum absolute atomic E-state index is 6.12. The number of hydrogen-bond donors (Lipinski definition) is 3. The van der Waals surface area contributed by atoms with E-state index in [1.54, 1.807) is 22.8 Å². The van der Waals surface area contributed by atoms with Crippen LogP contribution in [0, 0.1) is 0 Å². The van der Waals surface area contributed by atoms with Gasteiger partial charge in [0.05, 0.1) is 38.3 Å². The summed E-state index contributed by atoms with van der Waals surface area (Å²) in [5.74, 6) is 2.63. The average Bonchev–Trinajstić information content (AvgIpc) is 3.43. The van der Waals surface area contributed by atoms with Crippen molar-refractivity contribution < 1.29 is 0 Å². The molecule has 0 radical (unpaired) electrons. The van der Waals surface area contributed by atoms with E-state index in [1.165, 1.54) is 12.8 Å². The molecule has 2 aliphatic heterocycles. The fraction of sp³-hybridized carbons (Fsp3) is 0.400. The Labute approximate surface area is 196 Å². The molecule has 2 aliphatic rings. The van der Waals surface area contributed by atoms with E-state index in [1.807, 2.05) is 0 Å². The van der Waals surface area contributed by atoms with E-state index in [0.29, 0.717) is 40.5 Å². The summed E-state index contributed by atoms with van der Waals surface area (Å²) in [6, 6.07) is 4.69. The number of benzene rings is 1. The first-order valence-corrected chi connectivity index (χ1v) is 11.8. The van der Waals surface area contributed by atoms with Crippen LogP contribution in [0.15, 0.2) is 22.8 Å². The molecule has 1 aromatic carbocycles. The van der Waals surface area contributed by atoms with Crippen molar-refractivity contribution in [3.8, 4) is 0 Å². The first-order chi connectivity index (χ1) is 15.0. The highest BCUT2D eigenvalue weighted by atomic mass is 79.9. The van der Waals surface area contributed by atoms with Crippen LogP contribution in [-0.2, 0) is 6.54 Å². The molecular weight excluding hydrogens is 503 g/mol. The van der Waals surface area contributed by atoms with E-state index in [0.717, 1.165) is 45.6 Å². The Balaban J connectivity index is 1.32. The number of imidazole rings is 1. The predicted molar refractivity (Wildman–Crippen MR) is 124 cm³/mol. The highest BCUT2D eigenvalue weighted by Gasteiger charge is 2.35. The Morgan fingerprint density at radius 1 is 1.10 bits per heavy atom. The first kappa shape index (κ1) is 19.7. The molecule has 2 atom stereocenters. The normalized spacial score (nSPS) is 23.1. The molecule has 11 heteroatoms. The van der Waals surface area contributed by atoms with Crippen LogP contribution in [0.4, 0.5) is 5.95 Å². The van der Waals surface area contributed by atoms with Gasteiger partial charge in [0, 0.05) is 18.0 Å². The number of piperidine rings is 1. The maximum Gasteiger partial charge on any atom is 0.228 e. The van der Waals surface area contributed by atoms with Gasteiger partial charge in [0.25, 0.3) is 0 Å². The summed E-state index contributed by atoms with van der Waals surface area (Å²) in [6.45, 7) is 0.449. The maximum atomic E-state index is 6.12. The second-order valence-corrected chi connectivity index (χ2v) is 9.93. The van der Waals surface area contributed by atoms with Crippen LogP contribution in [0.25, 0.3) is 16.7 Å². The van der Waals surface area contributed by atoms with Gasteiger partial charge in [-0.3, -0.25) is 0 Å². The number of fused-ring (bicyclic) bond motifs is 4. The van der Waals surface area contributed by atoms with Crippen molar-refractivity contribution in [2.75, 3.05) is 5.32 Å². The Morgan fingerprint density at radius 2 is 1.87 bits per heavy atom. The summed E-state index contributed by atoms with van der Waals surface area (Å²) < 4.78 is 2.57. The first-order valence-electron chi connectivity index (χ1n) is 10.3. The molecule has 31 heavy (non-hydrogen) atoms. The quantitative estimate of drug-likeness (QED) is 0.361. The number of nitrogens with zero attached hydrogens (tertiary/aromatic N) is 5. The fourth-order valence-electron chi connectivity index (χ4n) is 4.74. The molecule has 160 valence electrons. The van der Waals surface area contributed by atoms with Gasteiger partial charge in [-0.05, 0) is 53.7 Å². The third-order valence-corrected chi connectivity index (χ3v) is 7.45. The number of halogens is 3. The van der Waals surface area contributed by atoms with Crippen LogP contribution in [-0.4, -0.2) is 41.6 Å². The molecule has 2 unspecified atom stereocenters. The van der Waals surface area contributed by atoms with Gasteiger partial charge in [-0.2, -0.15) is 14.6 Å². The van der Waals surface area contributed by atoms with Crippen LogP contribution in [0.1, 0.15) is 43.3 Å². The van der Waals surface area contributed by atoms with Crippen molar-refractivity contribution in [2.45, 2.75) is 50.2 Å². The van der Waals surface area contributed by atoms with Gasteiger partial charge in [-0.1, -0.05) is 23.2 Å². The fourth-order valence-corrected chi connectivity index (χ4v) is 5.41. The second-order valence-electron chi connectivity index (χ2n) is 8.26. The number of H-pyrrole nitrogens is 1. The summed E-state index contributed by atoms with van der Waals surface area (Å²) in [6.07, 6.45) is 6.37. The summed E-state index contributed by atoms with van der Waals surface area (Å²) in [5.41, 5.74) is 2.38. The van der Waals surface area contributed by atoms with Gasteiger partial charge in [0.15, 0.2) is 5.65 Å². The van der Waals surface area contributed by atoms with Crippen molar-refractivity contribution in [1.82, 2.24) is 34.9 Å². The van der Waals surface area contributed by atoms with Gasteiger partial charge < -0.3 is 15.6 Å². The number of aromatic amines is 1. The molecule has 0 aliphatic carbocycles. The zero-order valence-electron chi connectivity index (χ0n) is 16.4. The van der Waals surface area contributed by atoms with Gasteiger partial charge in [0.2, 0.25) is 5.95 Å². The molecular formula is C20H19BrCl2N8. The van der Waals surface area contributed by atoms with Crippen LogP contribution in [0.5, 0.6) is 0 Å². The minimum atomic E-state index is 0.349. The number of nitrogens with one attached hydrogen (secondary N) is 3. The van der Waals surface area contributed by atoms with E-state index in [9.17, 15) is 0 Å². The van der Waals surface area contributed by atoms with Crippen molar-refractivity contribution in [1.29, 1.82) is 0 Å². The Morgan fingerprint density at radius 3 is 2.68 bits per heavy atom. The molecule has 2 bridgehead atoms. The topological polar surface area (TPSA) is 95.8 Å². The van der Waals surface area contributed by atoms with Gasteiger partial charge in [-0.25, -0.2) is 9.97 Å². The molecule has 5 heterocycles. The lowest BCUT2D eigenvalue weighted by Crippen LogP contribution is -2.37. The minimum absolute atomic E-state index is 0.349. The Bertz CT molecular complexity index is 1250. The number of rotatable bonds is 4. The third-order valence-electron chi connectivity index (χ3n) is 6.17. The van der Waals surface area contributed by atoms with Gasteiger partial charge >= 0.3 is 0 Å². The molecule has 6 rings (SSSR count). The molecule has 0 spiro atoms. The van der Waals surface area contributed by atoms with Gasteiger partial charge in [-0.15, -0.1) is 0 Å². The number of hydrogen-bond acceptors (Lipinski definition) is 6. The summed E-state index contributed by atoms with van der Waals surface area (Å²) in [5, 5.41) is 12.5. The monoisotopic (exact) mass is 520 g/mol. The minimum Gasteiger partial charge on any atom is -0.347 e. The molecule has 2 fully saturated rings. The standard InChI is InChI=1S/C20H19BrCl2N8/c21-12-7-25-31-19(12)29-18(9-3-10-1-2-11(4-9)26-10)30-20(31)24-8-17-27-15-5-13(22)14(23)6-16(15)28-17/h5-7,9-11,26H,1-4,8H2,(H,27,28)(H,24,29,30). The lowest BCUT2D eigenvalue weighted by Gasteiger charge is -2.28. The Hall–Kier alpha value is -1.94. The van der Waals surface area contributed by atoms with Crippen molar-refractivity contribution in [3.05, 3.63) is 44.5 Å². The largest absolute Gasteiger partial charge is 0.347 e. The summed E-state index contributed by atoms with van der Waals surface area (Å²) in [4.78, 5) is 17.6. The molecule has 0 saturated carbocycles. The van der Waals surface area contributed by atoms with Crippen LogP contribution in [0.2, 0.25) is 10.0 Å². The average molecular weight is 522 g/mol. The van der Waals surface area contributed by atoms with Crippen molar-refractivity contribution in [3.63, 3.8) is 0 Å². The predicted octanol–water partition coefficient (Wildman–Crippen LogP) is 4.68. The van der Waals surface area contributed by atoms with Gasteiger partial charge in [0.1, 0.15) is 11.6 Å². The van der Waals surface area contributed by atoms with Crippen LogP contribution >= 0.6 is 39.1 Å². The van der Waals surface area contributed by atoms with Crippen LogP contribution < -0.4 is 10.6 Å². The Kier molecular flexibility index (Phi) is 4.82. The molecule has 4 aromatic rings. The van der Waals surface area contributed by atoms with E-state index < -0.39 is 0 Å². The van der Waals surface area contributed by atoms with E-state index in [-0.39, 0.29) is 0 Å². The molecule has 3 aromatic heterocycles. The highest BCUT2D eigenvalue weighted by Crippen LogP contribution is 2.36. The number of aromatic nitrogens is 6. The van der Waals surface area contributed by atoms with Crippen molar-refractivity contribution in [2.24, 2.45) is 0 Å². The van der Waals surface area contributed by atoms with E-state index in [2.05, 4.69) is 41.6 Å². The summed E-state index contributed by atoms with van der Waals surface area (Å²) >= 11 is 15.8. The molecule has 2 saturated heterocycles. The SMILES string of the molecule is Clc1cc2nc(CNc3nc(C4CC5CCC(C4)N5)nc4c(Br)cnn34)[nH]c2cc1Cl. The van der Waals surface area contributed by atoms with E-state index in [4.69, 9.17) is 33.2 Å². The highest BCUT2D eigenvalue weighted by molar-refractivity contribution is 9.10.